The van der Waals surface area contributed by atoms with Crippen molar-refractivity contribution in [1.82, 2.24) is 15.5 Å². The van der Waals surface area contributed by atoms with E-state index in [1.807, 2.05) is 19.1 Å². The van der Waals surface area contributed by atoms with Crippen LogP contribution in [0.4, 0.5) is 0 Å². The van der Waals surface area contributed by atoms with E-state index in [-0.39, 0.29) is 6.04 Å². The molecule has 3 heterocycles. The van der Waals surface area contributed by atoms with Crippen molar-refractivity contribution < 1.29 is 18.7 Å². The van der Waals surface area contributed by atoms with Gasteiger partial charge in [-0.15, -0.1) is 0 Å². The molecule has 134 valence electrons. The molecule has 1 atom stereocenters. The summed E-state index contributed by atoms with van der Waals surface area (Å²) in [6.45, 7) is 5.29. The van der Waals surface area contributed by atoms with Crippen LogP contribution in [0.2, 0.25) is 0 Å². The first kappa shape index (κ1) is 16.4. The van der Waals surface area contributed by atoms with Gasteiger partial charge in [-0.3, -0.25) is 0 Å². The number of nitrogens with one attached hydrogen (secondary N) is 1. The van der Waals surface area contributed by atoms with Crippen LogP contribution >= 0.6 is 0 Å². The number of aromatic nitrogens is 2. The van der Waals surface area contributed by atoms with Crippen molar-refractivity contribution in [3.05, 3.63) is 35.5 Å². The molecule has 2 aliphatic rings. The molecule has 0 radical (unpaired) electrons. The van der Waals surface area contributed by atoms with Gasteiger partial charge in [0.05, 0.1) is 6.04 Å². The molecule has 1 N–H and O–H groups in total. The van der Waals surface area contributed by atoms with E-state index in [0.29, 0.717) is 37.4 Å². The molecule has 1 aromatic heterocycles. The molecule has 0 aliphatic carbocycles. The number of benzene rings is 1. The largest absolute Gasteiger partial charge is 0.486 e. The maximum absolute atomic E-state index is 5.67. The van der Waals surface area contributed by atoms with Crippen LogP contribution in [0.5, 0.6) is 11.5 Å². The van der Waals surface area contributed by atoms with E-state index in [1.165, 1.54) is 0 Å². The molecule has 7 nitrogen and oxygen atoms in total. The molecular weight excluding hydrogens is 322 g/mol. The minimum Gasteiger partial charge on any atom is -0.486 e. The molecule has 2 aliphatic heterocycles. The molecule has 4 rings (SSSR count). The van der Waals surface area contributed by atoms with E-state index in [1.54, 1.807) is 0 Å². The summed E-state index contributed by atoms with van der Waals surface area (Å²) in [4.78, 5) is 4.44. The van der Waals surface area contributed by atoms with Gasteiger partial charge < -0.3 is 24.1 Å². The zero-order valence-corrected chi connectivity index (χ0v) is 14.4. The molecule has 0 spiro atoms. The van der Waals surface area contributed by atoms with Crippen molar-refractivity contribution in [2.75, 3.05) is 26.4 Å². The summed E-state index contributed by atoms with van der Waals surface area (Å²) in [5.41, 5.74) is 1.14. The molecule has 0 amide bonds. The van der Waals surface area contributed by atoms with E-state index >= 15 is 0 Å². The lowest BCUT2D eigenvalue weighted by Crippen LogP contribution is -2.32. The lowest BCUT2D eigenvalue weighted by atomic mass is 9.91. The van der Waals surface area contributed by atoms with E-state index in [0.717, 1.165) is 43.1 Å². The fourth-order valence-corrected chi connectivity index (χ4v) is 3.37. The first-order valence-electron chi connectivity index (χ1n) is 8.79. The Kier molecular flexibility index (Phi) is 4.85. The number of hydrogen-bond acceptors (Lipinski definition) is 7. The minimum atomic E-state index is 0.0262. The van der Waals surface area contributed by atoms with Gasteiger partial charge in [0.25, 0.3) is 0 Å². The lowest BCUT2D eigenvalue weighted by molar-refractivity contribution is 0.0485. The van der Waals surface area contributed by atoms with Gasteiger partial charge in [0.2, 0.25) is 5.89 Å². The van der Waals surface area contributed by atoms with Gasteiger partial charge in [0, 0.05) is 19.8 Å². The Bertz CT molecular complexity index is 712. The van der Waals surface area contributed by atoms with Crippen LogP contribution in [0, 0.1) is 12.8 Å². The first-order valence-corrected chi connectivity index (χ1v) is 8.79. The first-order chi connectivity index (χ1) is 12.3. The Balaban J connectivity index is 1.48. The van der Waals surface area contributed by atoms with Gasteiger partial charge in [-0.2, -0.15) is 4.98 Å². The van der Waals surface area contributed by atoms with Crippen LogP contribution in [0.1, 0.15) is 36.2 Å². The fourth-order valence-electron chi connectivity index (χ4n) is 3.37. The number of rotatable bonds is 5. The van der Waals surface area contributed by atoms with Crippen LogP contribution < -0.4 is 14.8 Å². The highest BCUT2D eigenvalue weighted by Gasteiger charge is 2.29. The van der Waals surface area contributed by atoms with Crippen molar-refractivity contribution >= 4 is 0 Å². The predicted octanol–water partition coefficient (Wildman–Crippen LogP) is 2.41. The molecule has 2 aromatic rings. The number of hydrogen-bond donors (Lipinski definition) is 1. The summed E-state index contributed by atoms with van der Waals surface area (Å²) in [5, 5.41) is 7.55. The Labute approximate surface area is 146 Å². The summed E-state index contributed by atoms with van der Waals surface area (Å²) in [5.74, 6) is 3.35. The second kappa shape index (κ2) is 7.41. The summed E-state index contributed by atoms with van der Waals surface area (Å²) < 4.78 is 22.2. The third-order valence-corrected chi connectivity index (χ3v) is 4.68. The van der Waals surface area contributed by atoms with Gasteiger partial charge in [-0.05, 0) is 43.4 Å². The summed E-state index contributed by atoms with van der Waals surface area (Å²) in [6, 6.07) is 6.08. The number of fused-ring (bicyclic) bond motifs is 1. The predicted molar refractivity (Wildman–Crippen MR) is 89.6 cm³/mol. The molecule has 0 saturated carbocycles. The SMILES string of the molecule is Cc1noc([C@@H](NCc2ccc3c(c2)OCCO3)C2CCOCC2)n1. The van der Waals surface area contributed by atoms with Crippen molar-refractivity contribution in [2.45, 2.75) is 32.4 Å². The van der Waals surface area contributed by atoms with E-state index in [2.05, 4.69) is 21.5 Å². The average Bonchev–Trinajstić information content (AvgIpc) is 3.09. The lowest BCUT2D eigenvalue weighted by Gasteiger charge is -2.29. The molecule has 7 heteroatoms. The van der Waals surface area contributed by atoms with Gasteiger partial charge >= 0.3 is 0 Å². The molecular formula is C18H23N3O4. The Morgan fingerprint density at radius 1 is 1.12 bits per heavy atom. The Morgan fingerprint density at radius 2 is 1.92 bits per heavy atom. The summed E-state index contributed by atoms with van der Waals surface area (Å²) in [7, 11) is 0. The Hall–Kier alpha value is -2.12. The third-order valence-electron chi connectivity index (χ3n) is 4.68. The number of nitrogens with zero attached hydrogens (tertiary/aromatic N) is 2. The zero-order valence-electron chi connectivity index (χ0n) is 14.4. The normalized spacial score (nSPS) is 18.9. The maximum atomic E-state index is 5.67. The fraction of sp³-hybridized carbons (Fsp3) is 0.556. The topological polar surface area (TPSA) is 78.6 Å². The van der Waals surface area contributed by atoms with E-state index in [9.17, 15) is 0 Å². The highest BCUT2D eigenvalue weighted by atomic mass is 16.6. The summed E-state index contributed by atoms with van der Waals surface area (Å²) >= 11 is 0. The van der Waals surface area contributed by atoms with E-state index < -0.39 is 0 Å². The van der Waals surface area contributed by atoms with Crippen molar-refractivity contribution in [2.24, 2.45) is 5.92 Å². The smallest absolute Gasteiger partial charge is 0.244 e. The van der Waals surface area contributed by atoms with Crippen LogP contribution in [-0.2, 0) is 11.3 Å². The highest BCUT2D eigenvalue weighted by Crippen LogP contribution is 2.32. The van der Waals surface area contributed by atoms with Crippen LogP contribution in [0.3, 0.4) is 0 Å². The minimum absolute atomic E-state index is 0.0262. The highest BCUT2D eigenvalue weighted by molar-refractivity contribution is 5.43. The quantitative estimate of drug-likeness (QED) is 0.891. The van der Waals surface area contributed by atoms with Crippen molar-refractivity contribution in [3.8, 4) is 11.5 Å². The van der Waals surface area contributed by atoms with Crippen LogP contribution in [0.25, 0.3) is 0 Å². The van der Waals surface area contributed by atoms with E-state index in [4.69, 9.17) is 18.7 Å². The Morgan fingerprint density at radius 3 is 2.68 bits per heavy atom. The standard InChI is InChI=1S/C18H23N3O4/c1-12-20-18(25-21-12)17(14-4-6-22-7-5-14)19-11-13-2-3-15-16(10-13)24-9-8-23-15/h2-3,10,14,17,19H,4-9,11H2,1H3/t17-/m0/s1. The zero-order chi connectivity index (χ0) is 17.1. The monoisotopic (exact) mass is 345 g/mol. The third kappa shape index (κ3) is 3.77. The summed E-state index contributed by atoms with van der Waals surface area (Å²) in [6.07, 6.45) is 1.97. The molecule has 0 bridgehead atoms. The second-order valence-corrected chi connectivity index (χ2v) is 6.47. The average molecular weight is 345 g/mol. The van der Waals surface area contributed by atoms with Crippen LogP contribution in [0.15, 0.2) is 22.7 Å². The molecule has 1 saturated heterocycles. The second-order valence-electron chi connectivity index (χ2n) is 6.47. The van der Waals surface area contributed by atoms with Crippen molar-refractivity contribution in [3.63, 3.8) is 0 Å². The molecule has 0 unspecified atom stereocenters. The van der Waals surface area contributed by atoms with Gasteiger partial charge in [0.1, 0.15) is 13.2 Å². The molecule has 25 heavy (non-hydrogen) atoms. The van der Waals surface area contributed by atoms with Gasteiger partial charge in [0.15, 0.2) is 17.3 Å². The van der Waals surface area contributed by atoms with Crippen LogP contribution in [-0.4, -0.2) is 36.6 Å². The van der Waals surface area contributed by atoms with Gasteiger partial charge in [-0.1, -0.05) is 11.2 Å². The molecule has 1 aromatic carbocycles. The number of aryl methyl sites for hydroxylation is 1. The van der Waals surface area contributed by atoms with Gasteiger partial charge in [-0.25, -0.2) is 0 Å². The molecule has 1 fully saturated rings. The number of ether oxygens (including phenoxy) is 3. The maximum Gasteiger partial charge on any atom is 0.244 e. The van der Waals surface area contributed by atoms with Crippen molar-refractivity contribution in [1.29, 1.82) is 0 Å².